The number of nitrogens with zero attached hydrogens (tertiary/aromatic N) is 8. The molecule has 131 heavy (non-hydrogen) atoms. The van der Waals surface area contributed by atoms with Gasteiger partial charge in [0.25, 0.3) is 0 Å². The number of rotatable bonds is 13. The first-order chi connectivity index (χ1) is 64.3. The van der Waals surface area contributed by atoms with Crippen LogP contribution < -0.4 is 23.4 Å². The molecule has 0 aliphatic carbocycles. The second-order valence-corrected chi connectivity index (χ2v) is 32.2. The number of anilines is 8. The van der Waals surface area contributed by atoms with E-state index in [-0.39, 0.29) is 40.2 Å². The zero-order valence-electron chi connectivity index (χ0n) is 72.3. The molecule has 0 saturated heterocycles. The Hall–Kier alpha value is -14.5. The average Bonchev–Trinajstić information content (AvgIpc) is 1.59. The second kappa shape index (κ2) is 41.7. The minimum atomic E-state index is 0. The molecule has 24 rings (SSSR count). The van der Waals surface area contributed by atoms with E-state index in [1.807, 2.05) is 145 Å². The molecule has 6 heterocycles. The van der Waals surface area contributed by atoms with Gasteiger partial charge in [0.15, 0.2) is 1.41 Å². The number of aromatic nitrogens is 4. The molecule has 0 bridgehead atoms. The molecule has 0 spiro atoms. The van der Waals surface area contributed by atoms with Gasteiger partial charge >= 0.3 is 16.6 Å². The summed E-state index contributed by atoms with van der Waals surface area (Å²) in [7, 11) is 2.48. The van der Waals surface area contributed by atoms with Crippen LogP contribution in [0.4, 0.5) is 45.5 Å². The SMILES string of the molecule is Cc1cccnc1-c1[c-]cccc1.[2H]N=P.[AlH][O]c1cccc2cccnc12.[Ir].[Ir].[c-]1ccccc1N1C=CN(c2ccccc2)[CH-]1.c1ccc(N(c2ccc(-c3ccc(N(c4ccccc4)c4cccc5ccccc45)cc3)cc2)c2cccc3ccccc23)cc1.c1ccc2c(c1)c1ccccc1n2-c1ccc2sc3ccc(-n4c5ccccc5c5ccccc54)cc3c2c1. The number of para-hydroxylation sites is 9. The molecule has 1 N–H and O–H groups in total. The van der Waals surface area contributed by atoms with E-state index in [2.05, 4.69) is 413 Å². The third-order valence-corrected chi connectivity index (χ3v) is 24.6. The zero-order valence-corrected chi connectivity index (χ0v) is 79.3. The van der Waals surface area contributed by atoms with Crippen molar-refractivity contribution in [3.05, 3.63) is 498 Å². The molecule has 15 heteroatoms. The van der Waals surface area contributed by atoms with Gasteiger partial charge in [0.1, 0.15) is 11.3 Å². The number of hydrogen-bond donors (Lipinski definition) is 1. The Morgan fingerprint density at radius 3 is 1.24 bits per heavy atom. The molecule has 0 unspecified atom stereocenters. The van der Waals surface area contributed by atoms with Crippen LogP contribution in [0.5, 0.6) is 5.75 Å². The Morgan fingerprint density at radius 1 is 0.366 bits per heavy atom. The van der Waals surface area contributed by atoms with Gasteiger partial charge in [0.05, 0.1) is 33.4 Å². The fourth-order valence-corrected chi connectivity index (χ4v) is 18.4. The number of pyridine rings is 2. The molecule has 5 aromatic heterocycles. The summed E-state index contributed by atoms with van der Waals surface area (Å²) in [5.74, 6) is 0.839. The van der Waals surface area contributed by atoms with Gasteiger partial charge in [-0.05, 0) is 208 Å². The summed E-state index contributed by atoms with van der Waals surface area (Å²) in [4.78, 5) is 17.4. The molecular formula is C116H85AlIr2N9OPS-3. The largest absolute Gasteiger partial charge is 0.649 e. The van der Waals surface area contributed by atoms with Crippen LogP contribution in [0.2, 0.25) is 1.41 Å². The maximum Gasteiger partial charge on any atom is 0.494 e. The summed E-state index contributed by atoms with van der Waals surface area (Å²) in [6.07, 6.45) is 7.64. The van der Waals surface area contributed by atoms with E-state index in [1.165, 1.54) is 130 Å². The van der Waals surface area contributed by atoms with Crippen LogP contribution in [0.1, 0.15) is 5.56 Å². The second-order valence-electron chi connectivity index (χ2n) is 30.9. The molecule has 0 amide bonds. The Balaban J connectivity index is 0.000000126. The van der Waals surface area contributed by atoms with Crippen molar-refractivity contribution in [3.63, 3.8) is 0 Å². The van der Waals surface area contributed by atoms with Crippen molar-refractivity contribution >= 4 is 179 Å². The van der Waals surface area contributed by atoms with Crippen molar-refractivity contribution in [2.45, 2.75) is 6.92 Å². The van der Waals surface area contributed by atoms with E-state index in [0.717, 1.165) is 73.4 Å². The summed E-state index contributed by atoms with van der Waals surface area (Å²) in [6.45, 7) is 4.10. The average molecular weight is 2100 g/mol. The molecule has 10 nitrogen and oxygen atoms in total. The van der Waals surface area contributed by atoms with Crippen LogP contribution in [0, 0.1) is 30.9 Å². The first-order valence-electron chi connectivity index (χ1n) is 43.1. The summed E-state index contributed by atoms with van der Waals surface area (Å²) >= 11 is 3.34. The molecule has 0 fully saturated rings. The van der Waals surface area contributed by atoms with E-state index in [4.69, 9.17) is 5.20 Å². The fourth-order valence-electron chi connectivity index (χ4n) is 17.1. The molecule has 0 atom stereocenters. The van der Waals surface area contributed by atoms with Gasteiger partial charge in [-0.2, -0.15) is 30.3 Å². The summed E-state index contributed by atoms with van der Waals surface area (Å²) in [5.41, 5.74) is 22.9. The first-order valence-corrected chi connectivity index (χ1v) is 44.5. The van der Waals surface area contributed by atoms with Gasteiger partial charge in [-0.25, -0.2) is 0 Å². The number of thiophene rings is 1. The smallest absolute Gasteiger partial charge is 0.494 e. The molecule has 635 valence electrons. The van der Waals surface area contributed by atoms with E-state index in [9.17, 15) is 0 Å². The molecule has 23 aromatic rings. The summed E-state index contributed by atoms with van der Waals surface area (Å²) < 4.78 is 18.4. The third-order valence-electron chi connectivity index (χ3n) is 23.1. The fraction of sp³-hybridized carbons (Fsp3) is 0.00862. The van der Waals surface area contributed by atoms with Crippen molar-refractivity contribution in [2.75, 3.05) is 19.6 Å². The van der Waals surface area contributed by atoms with Crippen molar-refractivity contribution < 1.29 is 45.4 Å². The van der Waals surface area contributed by atoms with Gasteiger partial charge in [-0.15, -0.1) is 59.6 Å². The van der Waals surface area contributed by atoms with Crippen LogP contribution in [0.3, 0.4) is 0 Å². The minimum absolute atomic E-state index is 0. The summed E-state index contributed by atoms with van der Waals surface area (Å²) in [6, 6.07) is 164. The van der Waals surface area contributed by atoms with Crippen molar-refractivity contribution in [3.8, 4) is 39.5 Å². The van der Waals surface area contributed by atoms with Crippen molar-refractivity contribution in [1.82, 2.24) is 19.1 Å². The van der Waals surface area contributed by atoms with Crippen LogP contribution in [-0.2, 0) is 40.2 Å². The Bertz CT molecular complexity index is 7410. The standard InChI is InChI=1S/C44H32N2.C36H22N2S.C15H12N2.C12H10N.C9H7NO.Al.2Ir.H2NP.H/c1-3-17-37(18-4-1)45(43-23-11-15-35-13-7-9-21-41(35)43)39-29-25-33(26-30-39)34-27-31-40(32-28-34)46(38-19-5-2-6-20-38)44-24-12-16-36-14-8-10-22-42(36)44;1-5-13-31-25(9-1)26-10-2-6-14-32(26)37(31)23-17-19-35-29(21-23)30-22-24(18-20-36(30)39-35)38-33-15-7-3-11-27(33)28-12-4-8-16-34(28)38;1-3-7-14(8-4-1)16-11-12-17(13-16)15-9-5-2-6-10-15;1-10-6-5-9-13-12(10)11-7-3-2-4-8-11;11-8-5-1-3-7-4-2-6-10-9(7)8;;;;1-2;/h1-32H;1-22H;1-9,11-13H;2-7,9H,1H3;1-6,11H;;;;1-2H;/q;;-2;-1;;+1;;;;/p-1/i/hD. The first kappa shape index (κ1) is 87.2. The van der Waals surface area contributed by atoms with Gasteiger partial charge in [0.2, 0.25) is 0 Å². The molecule has 3 radical (unpaired) electrons. The number of fused-ring (bicyclic) bond motifs is 12. The van der Waals surface area contributed by atoms with Gasteiger partial charge in [-0.3, -0.25) is 10.1 Å². The van der Waals surface area contributed by atoms with Crippen LogP contribution in [0.15, 0.2) is 474 Å². The number of aryl methyl sites for hydroxylation is 1. The van der Waals surface area contributed by atoms with Gasteiger partial charge < -0.3 is 37.5 Å². The normalized spacial score (nSPS) is 11.4. The van der Waals surface area contributed by atoms with E-state index >= 15 is 0 Å². The molecule has 1 aliphatic rings. The van der Waals surface area contributed by atoms with Crippen LogP contribution in [-0.4, -0.2) is 35.7 Å². The molecule has 18 aromatic carbocycles. The van der Waals surface area contributed by atoms with Crippen LogP contribution in [0.25, 0.3) is 130 Å². The molecular weight excluding hydrogens is 2010 g/mol. The van der Waals surface area contributed by atoms with E-state index < -0.39 is 0 Å². The van der Waals surface area contributed by atoms with E-state index in [1.54, 1.807) is 6.20 Å². The summed E-state index contributed by atoms with van der Waals surface area (Å²) in [5, 5.41) is 16.3. The van der Waals surface area contributed by atoms with E-state index in [0.29, 0.717) is 0 Å². The van der Waals surface area contributed by atoms with Crippen LogP contribution >= 0.6 is 20.4 Å². The third kappa shape index (κ3) is 18.9. The van der Waals surface area contributed by atoms with Gasteiger partial charge in [-0.1, -0.05) is 254 Å². The minimum Gasteiger partial charge on any atom is -0.649 e. The topological polar surface area (TPSA) is 81.7 Å². The Kier molecular flexibility index (Phi) is 27.8. The molecule has 0 saturated carbocycles. The number of benzene rings is 18. The Morgan fingerprint density at radius 2 is 0.763 bits per heavy atom. The van der Waals surface area contributed by atoms with Gasteiger partial charge in [0, 0.05) is 150 Å². The quantitative estimate of drug-likeness (QED) is 0.0700. The number of hydrogen-bond acceptors (Lipinski definition) is 9. The zero-order chi connectivity index (χ0) is 87.9. The molecule has 1 aliphatic heterocycles. The predicted octanol–water partition coefficient (Wildman–Crippen LogP) is 31.4. The maximum atomic E-state index is 5.75. The van der Waals surface area contributed by atoms with Crippen molar-refractivity contribution in [1.29, 1.82) is 5.15 Å². The maximum absolute atomic E-state index is 5.75. The monoisotopic (exact) mass is 2100 g/mol. The van der Waals surface area contributed by atoms with Crippen molar-refractivity contribution in [2.24, 2.45) is 0 Å². The Labute approximate surface area is 805 Å². The predicted molar refractivity (Wildman–Crippen MR) is 548 cm³/mol. The number of nitrogens with one attached hydrogen (secondary N) is 1.